The summed E-state index contributed by atoms with van der Waals surface area (Å²) in [4.78, 5) is 0. The zero-order chi connectivity index (χ0) is 6.77. The van der Waals surface area contributed by atoms with E-state index in [4.69, 9.17) is 5.11 Å². The van der Waals surface area contributed by atoms with Crippen molar-refractivity contribution in [3.8, 4) is 0 Å². The minimum absolute atomic E-state index is 0.264. The summed E-state index contributed by atoms with van der Waals surface area (Å²) in [7, 11) is 0. The van der Waals surface area contributed by atoms with Crippen molar-refractivity contribution >= 4 is 0 Å². The summed E-state index contributed by atoms with van der Waals surface area (Å²) in [6.45, 7) is 0.368. The van der Waals surface area contributed by atoms with Crippen molar-refractivity contribution in [1.29, 1.82) is 0 Å². The van der Waals surface area contributed by atoms with Crippen molar-refractivity contribution in [2.75, 3.05) is 6.61 Å². The minimum atomic E-state index is 0.264. The molecule has 0 amide bonds. The van der Waals surface area contributed by atoms with Gasteiger partial charge in [-0.3, -0.25) is 0 Å². The van der Waals surface area contributed by atoms with Gasteiger partial charge in [0, 0.05) is 11.3 Å². The van der Waals surface area contributed by atoms with Crippen molar-refractivity contribution in [1.82, 2.24) is 0 Å². The number of rotatable bonds is 1. The molecule has 0 saturated heterocycles. The second-order valence-electron chi connectivity index (χ2n) is 3.62. The first kappa shape index (κ1) is 5.14. The summed E-state index contributed by atoms with van der Waals surface area (Å²) in [5.74, 6) is 1.94. The van der Waals surface area contributed by atoms with Gasteiger partial charge in [-0.15, -0.1) is 0 Å². The molecule has 0 spiro atoms. The van der Waals surface area contributed by atoms with Crippen molar-refractivity contribution in [2.45, 2.75) is 0 Å². The highest BCUT2D eigenvalue weighted by atomic mass is 16.3. The number of aliphatic hydroxyl groups excluding tert-OH is 1. The highest BCUT2D eigenvalue weighted by Crippen LogP contribution is 2.71. The van der Waals surface area contributed by atoms with Gasteiger partial charge in [0.15, 0.2) is 0 Å². The smallest absolute Gasteiger partial charge is 0.0507 e. The van der Waals surface area contributed by atoms with Gasteiger partial charge in [0.25, 0.3) is 0 Å². The maximum absolute atomic E-state index is 9.17. The van der Waals surface area contributed by atoms with E-state index in [2.05, 4.69) is 24.3 Å². The van der Waals surface area contributed by atoms with Crippen LogP contribution in [0.5, 0.6) is 0 Å². The van der Waals surface area contributed by atoms with Gasteiger partial charge in [0.2, 0.25) is 0 Å². The van der Waals surface area contributed by atoms with Crippen molar-refractivity contribution in [3.63, 3.8) is 0 Å². The highest BCUT2D eigenvalue weighted by molar-refractivity contribution is 5.41. The summed E-state index contributed by atoms with van der Waals surface area (Å²) < 4.78 is 0. The maximum Gasteiger partial charge on any atom is 0.0507 e. The van der Waals surface area contributed by atoms with E-state index in [1.807, 2.05) is 0 Å². The first-order chi connectivity index (χ1) is 4.89. The summed E-state index contributed by atoms with van der Waals surface area (Å²) in [5.41, 5.74) is 0.264. The number of hydrogen-bond donors (Lipinski definition) is 1. The first-order valence-electron chi connectivity index (χ1n) is 3.87. The normalized spacial score (nSPS) is 59.5. The van der Waals surface area contributed by atoms with Gasteiger partial charge in [0.05, 0.1) is 6.61 Å². The van der Waals surface area contributed by atoms with E-state index >= 15 is 0 Å². The predicted molar refractivity (Wildman–Crippen MR) is 38.3 cm³/mol. The van der Waals surface area contributed by atoms with Crippen molar-refractivity contribution < 1.29 is 5.11 Å². The Balaban J connectivity index is 2.11. The lowest BCUT2D eigenvalue weighted by Crippen LogP contribution is -2.14. The molecule has 0 radical (unpaired) electrons. The van der Waals surface area contributed by atoms with Gasteiger partial charge >= 0.3 is 0 Å². The van der Waals surface area contributed by atoms with Gasteiger partial charge in [-0.2, -0.15) is 0 Å². The Hall–Kier alpha value is -0.560. The first-order valence-corrected chi connectivity index (χ1v) is 3.87. The maximum atomic E-state index is 9.17. The third-order valence-corrected chi connectivity index (χ3v) is 3.47. The molecule has 0 aromatic heterocycles. The lowest BCUT2D eigenvalue weighted by molar-refractivity contribution is 0.187. The molecule has 0 aliphatic heterocycles. The number of aliphatic hydroxyl groups is 1. The van der Waals surface area contributed by atoms with Crippen LogP contribution in [0.1, 0.15) is 0 Å². The lowest BCUT2D eigenvalue weighted by atomic mass is 9.94. The number of allylic oxidation sites excluding steroid dienone is 4. The van der Waals surface area contributed by atoms with Crippen LogP contribution in [0.4, 0.5) is 0 Å². The molecule has 1 saturated carbocycles. The van der Waals surface area contributed by atoms with E-state index < -0.39 is 0 Å². The summed E-state index contributed by atoms with van der Waals surface area (Å²) in [5, 5.41) is 9.17. The molecule has 2 atom stereocenters. The van der Waals surface area contributed by atoms with Crippen LogP contribution in [0.3, 0.4) is 0 Å². The predicted octanol–water partition coefficient (Wildman–Crippen LogP) is 0.967. The Morgan fingerprint density at radius 2 is 1.70 bits per heavy atom. The topological polar surface area (TPSA) is 20.2 Å². The van der Waals surface area contributed by atoms with E-state index in [1.54, 1.807) is 0 Å². The monoisotopic (exact) mass is 134 g/mol. The molecule has 1 nitrogen and oxygen atoms in total. The molecule has 3 aliphatic rings. The third-order valence-electron chi connectivity index (χ3n) is 3.47. The van der Waals surface area contributed by atoms with Crippen LogP contribution in [-0.4, -0.2) is 11.7 Å². The van der Waals surface area contributed by atoms with Crippen LogP contribution < -0.4 is 0 Å². The van der Waals surface area contributed by atoms with Crippen molar-refractivity contribution in [3.05, 3.63) is 24.3 Å². The third kappa shape index (κ3) is 0.293. The highest BCUT2D eigenvalue weighted by Gasteiger charge is 2.69. The second kappa shape index (κ2) is 1.24. The van der Waals surface area contributed by atoms with Gasteiger partial charge < -0.3 is 5.11 Å². The van der Waals surface area contributed by atoms with Crippen LogP contribution in [-0.2, 0) is 0 Å². The summed E-state index contributed by atoms with van der Waals surface area (Å²) in [6.07, 6.45) is 9.01. The van der Waals surface area contributed by atoms with Crippen LogP contribution in [0, 0.1) is 23.2 Å². The zero-order valence-corrected chi connectivity index (χ0v) is 5.70. The molecular weight excluding hydrogens is 124 g/mol. The fourth-order valence-corrected chi connectivity index (χ4v) is 2.78. The molecule has 2 unspecified atom stereocenters. The Kier molecular flexibility index (Phi) is 0.635. The van der Waals surface area contributed by atoms with E-state index in [-0.39, 0.29) is 5.41 Å². The van der Waals surface area contributed by atoms with Crippen LogP contribution in [0.25, 0.3) is 0 Å². The summed E-state index contributed by atoms with van der Waals surface area (Å²) >= 11 is 0. The van der Waals surface area contributed by atoms with Gasteiger partial charge in [-0.25, -0.2) is 0 Å². The largest absolute Gasteiger partial charge is 0.396 e. The fraction of sp³-hybridized carbons (Fsp3) is 0.556. The number of hydrogen-bond acceptors (Lipinski definition) is 1. The lowest BCUT2D eigenvalue weighted by Gasteiger charge is -2.12. The molecule has 1 N–H and O–H groups in total. The molecule has 52 valence electrons. The molecular formula is C9H10O. The summed E-state index contributed by atoms with van der Waals surface area (Å²) in [6, 6.07) is 0. The molecule has 1 heteroatoms. The molecule has 3 aliphatic carbocycles. The average molecular weight is 134 g/mol. The van der Waals surface area contributed by atoms with E-state index in [0.717, 1.165) is 0 Å². The van der Waals surface area contributed by atoms with Gasteiger partial charge in [-0.05, 0) is 11.8 Å². The Bertz CT molecular complexity index is 219. The standard InChI is InChI=1S/C9H10O/c10-5-9-6-1-3-7(9)8(9)4-2-6/h1-4,6-8,10H,5H2. The van der Waals surface area contributed by atoms with Crippen molar-refractivity contribution in [2.24, 2.45) is 23.2 Å². The van der Waals surface area contributed by atoms with Gasteiger partial charge in [-0.1, -0.05) is 24.3 Å². The van der Waals surface area contributed by atoms with E-state index in [1.165, 1.54) is 0 Å². The molecule has 0 bridgehead atoms. The molecule has 1 fully saturated rings. The van der Waals surface area contributed by atoms with Crippen LogP contribution >= 0.6 is 0 Å². The second-order valence-corrected chi connectivity index (χ2v) is 3.62. The SMILES string of the molecule is OCC12C3C=CC1C2C=C3. The molecule has 0 heterocycles. The molecule has 3 rings (SSSR count). The van der Waals surface area contributed by atoms with Crippen LogP contribution in [0.15, 0.2) is 24.3 Å². The minimum Gasteiger partial charge on any atom is -0.396 e. The van der Waals surface area contributed by atoms with E-state index in [0.29, 0.717) is 24.4 Å². The zero-order valence-electron chi connectivity index (χ0n) is 5.70. The fourth-order valence-electron chi connectivity index (χ4n) is 2.78. The van der Waals surface area contributed by atoms with Crippen LogP contribution in [0.2, 0.25) is 0 Å². The number of fused-ring (bicyclic) bond motifs is 1. The van der Waals surface area contributed by atoms with E-state index in [9.17, 15) is 0 Å². The van der Waals surface area contributed by atoms with Gasteiger partial charge in [0.1, 0.15) is 0 Å². The Labute approximate surface area is 60.1 Å². The molecule has 10 heavy (non-hydrogen) atoms. The quantitative estimate of drug-likeness (QED) is 0.530. The Morgan fingerprint density at radius 1 is 1.10 bits per heavy atom. The molecule has 0 aromatic carbocycles. The molecule has 0 aromatic rings. The average Bonchev–Trinajstić information content (AvgIpc) is 2.34. The Morgan fingerprint density at radius 3 is 2.00 bits per heavy atom.